The van der Waals surface area contributed by atoms with Crippen LogP contribution in [0.4, 0.5) is 5.69 Å². The van der Waals surface area contributed by atoms with Crippen LogP contribution in [-0.4, -0.2) is 167 Å². The molecular formula is C63H92N8O12. The lowest BCUT2D eigenvalue weighted by molar-refractivity contribution is -0.149. The number of hydrogen-bond acceptors (Lipinski definition) is 12. The van der Waals surface area contributed by atoms with Gasteiger partial charge in [-0.3, -0.25) is 48.1 Å². The zero-order valence-corrected chi connectivity index (χ0v) is 50.1. The Morgan fingerprint density at radius 1 is 0.771 bits per heavy atom. The van der Waals surface area contributed by atoms with Gasteiger partial charge in [0.15, 0.2) is 0 Å². The average Bonchev–Trinajstić information content (AvgIpc) is 2.90. The number of ether oxygens (including phenoxy) is 2. The number of aliphatic hydroxyl groups excluding tert-OH is 1. The Morgan fingerprint density at radius 3 is 2.11 bits per heavy atom. The van der Waals surface area contributed by atoms with Gasteiger partial charge in [-0.1, -0.05) is 96.3 Å². The molecule has 3 aliphatic heterocycles. The summed E-state index contributed by atoms with van der Waals surface area (Å²) in [6.45, 7) is 10.6. The van der Waals surface area contributed by atoms with Crippen LogP contribution in [0.3, 0.4) is 0 Å². The Balaban J connectivity index is 1.06. The molecule has 0 radical (unpaired) electrons. The molecule has 5 N–H and O–H groups in total. The zero-order valence-electron chi connectivity index (χ0n) is 50.1. The summed E-state index contributed by atoms with van der Waals surface area (Å²) in [7, 11) is 4.74. The maximum Gasteiger partial charge on any atom is 0.253 e. The van der Waals surface area contributed by atoms with Gasteiger partial charge in [0.05, 0.1) is 36.6 Å². The molecule has 2 saturated heterocycles. The van der Waals surface area contributed by atoms with Crippen LogP contribution in [0.5, 0.6) is 0 Å². The lowest BCUT2D eigenvalue weighted by Crippen LogP contribution is -2.60. The van der Waals surface area contributed by atoms with Crippen LogP contribution in [0.1, 0.15) is 142 Å². The average molecular weight is 1150 g/mol. The van der Waals surface area contributed by atoms with Crippen LogP contribution >= 0.6 is 0 Å². The second-order valence-electron chi connectivity index (χ2n) is 23.5. The molecule has 6 rings (SSSR count). The van der Waals surface area contributed by atoms with Crippen molar-refractivity contribution in [3.05, 3.63) is 77.9 Å². The maximum absolute atomic E-state index is 14.8. The fourth-order valence-electron chi connectivity index (χ4n) is 12.6. The molecule has 20 heteroatoms. The number of unbranched alkanes of at least 4 members (excludes halogenated alkanes) is 4. The van der Waals surface area contributed by atoms with Crippen molar-refractivity contribution in [2.45, 2.75) is 192 Å². The number of aliphatic hydroxyl groups is 1. The predicted octanol–water partition coefficient (Wildman–Crippen LogP) is 5.45. The molecule has 3 heterocycles. The number of benzene rings is 2. The number of rotatable bonds is 33. The van der Waals surface area contributed by atoms with E-state index in [0.717, 1.165) is 36.8 Å². The van der Waals surface area contributed by atoms with E-state index in [2.05, 4.69) is 21.3 Å². The van der Waals surface area contributed by atoms with Crippen molar-refractivity contribution >= 4 is 58.9 Å². The number of amides is 9. The second-order valence-corrected chi connectivity index (χ2v) is 23.5. The van der Waals surface area contributed by atoms with E-state index in [1.807, 2.05) is 58.0 Å². The third-order valence-electron chi connectivity index (χ3n) is 17.5. The Bertz CT molecular complexity index is 2540. The fraction of sp³-hybridized carbons (Fsp3) is 0.635. The predicted molar refractivity (Wildman–Crippen MR) is 314 cm³/mol. The van der Waals surface area contributed by atoms with Gasteiger partial charge in [0.2, 0.25) is 41.4 Å². The van der Waals surface area contributed by atoms with Crippen molar-refractivity contribution in [1.29, 1.82) is 0 Å². The minimum absolute atomic E-state index is 0.00435. The van der Waals surface area contributed by atoms with Crippen LogP contribution < -0.4 is 21.3 Å². The minimum Gasteiger partial charge on any atom is -0.396 e. The molecule has 2 bridgehead atoms. The van der Waals surface area contributed by atoms with Crippen molar-refractivity contribution in [2.24, 2.45) is 23.7 Å². The number of fused-ring (bicyclic) bond motifs is 2. The Hall–Kier alpha value is -6.51. The molecule has 9 amide bonds. The largest absolute Gasteiger partial charge is 0.396 e. The third kappa shape index (κ3) is 17.5. The highest BCUT2D eigenvalue weighted by Gasteiger charge is 2.52. The van der Waals surface area contributed by atoms with E-state index in [1.165, 1.54) is 31.3 Å². The lowest BCUT2D eigenvalue weighted by Gasteiger charge is -2.41. The van der Waals surface area contributed by atoms with Gasteiger partial charge in [-0.25, -0.2) is 0 Å². The highest BCUT2D eigenvalue weighted by molar-refractivity contribution is 6.12. The summed E-state index contributed by atoms with van der Waals surface area (Å²) in [6, 6.07) is 12.8. The van der Waals surface area contributed by atoms with E-state index in [1.54, 1.807) is 52.9 Å². The number of nitrogens with one attached hydrogen (secondary N) is 4. The number of carbonyl (C=O) groups excluding carboxylic acids is 9. The molecule has 0 aromatic heterocycles. The summed E-state index contributed by atoms with van der Waals surface area (Å²) in [4.78, 5) is 128. The van der Waals surface area contributed by atoms with Crippen LogP contribution in [0.15, 0.2) is 66.7 Å². The highest BCUT2D eigenvalue weighted by Crippen LogP contribution is 2.43. The number of carbonyl (C=O) groups is 9. The van der Waals surface area contributed by atoms with Crippen molar-refractivity contribution in [2.75, 3.05) is 46.3 Å². The maximum atomic E-state index is 14.8. The van der Waals surface area contributed by atoms with Crippen LogP contribution in [0, 0.1) is 23.7 Å². The fourth-order valence-corrected chi connectivity index (χ4v) is 12.6. The van der Waals surface area contributed by atoms with Crippen molar-refractivity contribution in [3.8, 4) is 0 Å². The summed E-state index contributed by atoms with van der Waals surface area (Å²) >= 11 is 0. The topological polar surface area (TPSA) is 253 Å². The molecule has 456 valence electrons. The summed E-state index contributed by atoms with van der Waals surface area (Å²) in [6.07, 6.45) is 9.97. The molecule has 3 fully saturated rings. The van der Waals surface area contributed by atoms with Crippen LogP contribution in [0.2, 0.25) is 0 Å². The molecule has 11 atom stereocenters. The van der Waals surface area contributed by atoms with Gasteiger partial charge in [-0.05, 0) is 98.8 Å². The first kappa shape index (κ1) is 65.6. The van der Waals surface area contributed by atoms with Gasteiger partial charge in [-0.15, -0.1) is 0 Å². The number of imide groups is 1. The van der Waals surface area contributed by atoms with E-state index in [9.17, 15) is 48.3 Å². The van der Waals surface area contributed by atoms with E-state index >= 15 is 0 Å². The number of methoxy groups -OCH3 is 2. The Morgan fingerprint density at radius 2 is 1.46 bits per heavy atom. The summed E-state index contributed by atoms with van der Waals surface area (Å²) < 4.78 is 12.2. The monoisotopic (exact) mass is 1150 g/mol. The van der Waals surface area contributed by atoms with Crippen LogP contribution in [0.25, 0.3) is 0 Å². The standard InChI is InChI=1S/C63H92N8O12/c1-9-41(4)57(68(6)63(81)56(40(2)3)67-62(80)58-45-27-30-47(37-45)71(58)54(76)24-16-12-18-35-72)50(82-7)38-55(77)69-34-19-22-49(69)59(83-8)42(5)60(78)66-48(36-43-20-13-10-14-21-43)61(79)65-46-28-25-44(26-29-46)39-64-51(73)23-15-11-17-33-70-52(74)31-32-53(70)75/h10,13-14,20-21,25-26,28-29,31-32,40-42,45,47-50,56-59,72H,9,11-12,15-19,22-24,27,30,33-39H2,1-8H3,(H,64,73)(H,65,79)(H,66,78)(H,67,80)/t41-,42+,45-,47-,48-,49-,50+,56-,57-,58-,59+/m0/s1. The van der Waals surface area contributed by atoms with Gasteiger partial charge in [-0.2, -0.15) is 0 Å². The van der Waals surface area contributed by atoms with E-state index in [-0.39, 0.29) is 91.1 Å². The quantitative estimate of drug-likeness (QED) is 0.0442. The SMILES string of the molecule is CC[C@H](C)[C@@H]([C@@H](CC(=O)N1CCC[C@H]1[C@H](OC)[C@@H](C)C(=O)N[C@@H](Cc1ccccc1)C(=O)Nc1ccc(CNC(=O)CCCCCN2C(=O)C=CC2=O)cc1)OC)N(C)C(=O)[C@@H](NC(=O)[C@@H]1[C@H]2CC[C@@H](C2)N1C(=O)CCCCCO)C(C)C. The summed E-state index contributed by atoms with van der Waals surface area (Å²) in [5, 5.41) is 21.2. The number of nitrogens with zero attached hydrogens (tertiary/aromatic N) is 4. The molecule has 1 aliphatic carbocycles. The van der Waals surface area contributed by atoms with E-state index in [4.69, 9.17) is 9.47 Å². The smallest absolute Gasteiger partial charge is 0.253 e. The molecule has 2 aromatic rings. The minimum atomic E-state index is -0.990. The first-order chi connectivity index (χ1) is 39.8. The zero-order chi connectivity index (χ0) is 60.3. The van der Waals surface area contributed by atoms with Gasteiger partial charge < -0.3 is 50.5 Å². The molecule has 20 nitrogen and oxygen atoms in total. The lowest BCUT2D eigenvalue weighted by atomic mass is 9.89. The summed E-state index contributed by atoms with van der Waals surface area (Å²) in [5.74, 6) is -3.78. The molecule has 83 heavy (non-hydrogen) atoms. The van der Waals surface area contributed by atoms with Crippen LogP contribution in [-0.2, 0) is 65.6 Å². The van der Waals surface area contributed by atoms with E-state index in [0.29, 0.717) is 83.0 Å². The highest BCUT2D eigenvalue weighted by atomic mass is 16.5. The number of piperidine rings is 1. The van der Waals surface area contributed by atoms with Gasteiger partial charge in [0, 0.05) is 90.7 Å². The second kappa shape index (κ2) is 32.0. The number of hydrogen-bond donors (Lipinski definition) is 5. The number of anilines is 1. The normalized spacial score (nSPS) is 20.9. The van der Waals surface area contributed by atoms with Gasteiger partial charge in [0.1, 0.15) is 18.1 Å². The van der Waals surface area contributed by atoms with E-state index < -0.39 is 60.1 Å². The Kier molecular flexibility index (Phi) is 25.3. The third-order valence-corrected chi connectivity index (χ3v) is 17.5. The van der Waals surface area contributed by atoms with Crippen molar-refractivity contribution < 1.29 is 57.7 Å². The first-order valence-corrected chi connectivity index (χ1v) is 30.2. The molecule has 4 aliphatic rings. The molecule has 0 spiro atoms. The molecule has 0 unspecified atom stereocenters. The Labute approximate surface area is 490 Å². The van der Waals surface area contributed by atoms with Gasteiger partial charge in [0.25, 0.3) is 11.8 Å². The summed E-state index contributed by atoms with van der Waals surface area (Å²) in [5.41, 5.74) is 2.13. The number of likely N-dealkylation sites (tertiary alicyclic amines) is 2. The number of likely N-dealkylation sites (N-methyl/N-ethyl adjacent to an activating group) is 1. The van der Waals surface area contributed by atoms with Gasteiger partial charge >= 0.3 is 0 Å². The first-order valence-electron chi connectivity index (χ1n) is 30.2. The molecular weight excluding hydrogens is 1060 g/mol. The molecule has 2 aromatic carbocycles. The van der Waals surface area contributed by atoms with Crippen molar-refractivity contribution in [3.63, 3.8) is 0 Å². The molecule has 1 saturated carbocycles. The van der Waals surface area contributed by atoms with Crippen molar-refractivity contribution in [1.82, 2.24) is 35.6 Å².